The van der Waals surface area contributed by atoms with Crippen molar-refractivity contribution in [2.45, 2.75) is 20.8 Å². The molecule has 0 aliphatic heterocycles. The molecule has 0 saturated heterocycles. The van der Waals surface area contributed by atoms with E-state index in [9.17, 15) is 0 Å². The number of aryl methyl sites for hydroxylation is 3. The highest BCUT2D eigenvalue weighted by molar-refractivity contribution is 5.58. The Bertz CT molecular complexity index is 460. The summed E-state index contributed by atoms with van der Waals surface area (Å²) in [6.07, 6.45) is 0. The maximum atomic E-state index is 5.37. The summed E-state index contributed by atoms with van der Waals surface area (Å²) in [5, 5.41) is 7.80. The number of nitrogens with zero attached hydrogens (tertiary/aromatic N) is 2. The predicted molar refractivity (Wildman–Crippen MR) is 53.9 cm³/mol. The van der Waals surface area contributed by atoms with E-state index in [4.69, 9.17) is 4.42 Å². The molecule has 2 rings (SSSR count). The smallest absolute Gasteiger partial charge is 0.247 e. The van der Waals surface area contributed by atoms with Crippen molar-refractivity contribution in [2.75, 3.05) is 0 Å². The van der Waals surface area contributed by atoms with E-state index in [-0.39, 0.29) is 0 Å². The van der Waals surface area contributed by atoms with Gasteiger partial charge in [0.1, 0.15) is 0 Å². The molecule has 0 unspecified atom stereocenters. The van der Waals surface area contributed by atoms with Gasteiger partial charge in [-0.2, -0.15) is 0 Å². The van der Waals surface area contributed by atoms with Gasteiger partial charge < -0.3 is 4.42 Å². The normalized spacial score (nSPS) is 10.5. The van der Waals surface area contributed by atoms with E-state index in [0.29, 0.717) is 11.8 Å². The van der Waals surface area contributed by atoms with Crippen LogP contribution in [0.15, 0.2) is 22.6 Å². The van der Waals surface area contributed by atoms with Gasteiger partial charge in [-0.15, -0.1) is 10.2 Å². The molecule has 0 aliphatic carbocycles. The standard InChI is InChI=1S/C11H12N2O/c1-7-4-5-10(8(2)6-7)11-13-12-9(3)14-11/h4-6H,1-3H3. The van der Waals surface area contributed by atoms with Gasteiger partial charge in [0.2, 0.25) is 11.8 Å². The number of rotatable bonds is 1. The highest BCUT2D eigenvalue weighted by Crippen LogP contribution is 2.22. The van der Waals surface area contributed by atoms with Gasteiger partial charge in [-0.3, -0.25) is 0 Å². The highest BCUT2D eigenvalue weighted by atomic mass is 16.4. The van der Waals surface area contributed by atoms with Crippen molar-refractivity contribution in [3.8, 4) is 11.5 Å². The summed E-state index contributed by atoms with van der Waals surface area (Å²) in [6, 6.07) is 6.16. The molecule has 0 spiro atoms. The zero-order valence-electron chi connectivity index (χ0n) is 8.53. The molecule has 0 N–H and O–H groups in total. The second kappa shape index (κ2) is 3.25. The van der Waals surface area contributed by atoms with Crippen LogP contribution in [0.25, 0.3) is 11.5 Å². The monoisotopic (exact) mass is 188 g/mol. The van der Waals surface area contributed by atoms with E-state index in [1.165, 1.54) is 5.56 Å². The van der Waals surface area contributed by atoms with Crippen molar-refractivity contribution in [3.05, 3.63) is 35.2 Å². The molecule has 0 bridgehead atoms. The van der Waals surface area contributed by atoms with E-state index < -0.39 is 0 Å². The molecule has 2 aromatic rings. The summed E-state index contributed by atoms with van der Waals surface area (Å²) in [5.41, 5.74) is 3.41. The Hall–Kier alpha value is -1.64. The Morgan fingerprint density at radius 1 is 1.07 bits per heavy atom. The van der Waals surface area contributed by atoms with Gasteiger partial charge in [0.25, 0.3) is 0 Å². The zero-order valence-corrected chi connectivity index (χ0v) is 8.53. The van der Waals surface area contributed by atoms with Gasteiger partial charge in [-0.1, -0.05) is 17.7 Å². The third-order valence-corrected chi connectivity index (χ3v) is 2.14. The first kappa shape index (κ1) is 8.94. The third kappa shape index (κ3) is 1.53. The van der Waals surface area contributed by atoms with Gasteiger partial charge >= 0.3 is 0 Å². The first-order valence-corrected chi connectivity index (χ1v) is 4.54. The van der Waals surface area contributed by atoms with Gasteiger partial charge in [-0.05, 0) is 25.5 Å². The average molecular weight is 188 g/mol. The highest BCUT2D eigenvalue weighted by Gasteiger charge is 2.08. The van der Waals surface area contributed by atoms with Crippen molar-refractivity contribution in [2.24, 2.45) is 0 Å². The molecule has 0 saturated carbocycles. The lowest BCUT2D eigenvalue weighted by Crippen LogP contribution is -1.84. The number of hydrogen-bond acceptors (Lipinski definition) is 3. The Morgan fingerprint density at radius 2 is 1.86 bits per heavy atom. The van der Waals surface area contributed by atoms with Crippen LogP contribution in [0.2, 0.25) is 0 Å². The fourth-order valence-corrected chi connectivity index (χ4v) is 1.46. The van der Waals surface area contributed by atoms with Crippen molar-refractivity contribution in [3.63, 3.8) is 0 Å². The minimum Gasteiger partial charge on any atom is -0.421 e. The second-order valence-electron chi connectivity index (χ2n) is 3.44. The second-order valence-corrected chi connectivity index (χ2v) is 3.44. The molecule has 14 heavy (non-hydrogen) atoms. The Morgan fingerprint density at radius 3 is 2.43 bits per heavy atom. The van der Waals surface area contributed by atoms with Crippen LogP contribution < -0.4 is 0 Å². The van der Waals surface area contributed by atoms with Gasteiger partial charge in [0.05, 0.1) is 0 Å². The van der Waals surface area contributed by atoms with Crippen LogP contribution in [-0.2, 0) is 0 Å². The lowest BCUT2D eigenvalue weighted by Gasteiger charge is -2.01. The number of aromatic nitrogens is 2. The first-order chi connectivity index (χ1) is 6.66. The van der Waals surface area contributed by atoms with Gasteiger partial charge in [0, 0.05) is 12.5 Å². The molecular formula is C11H12N2O. The predicted octanol–water partition coefficient (Wildman–Crippen LogP) is 2.66. The average Bonchev–Trinajstić information content (AvgIpc) is 2.51. The molecule has 0 radical (unpaired) electrons. The molecule has 3 nitrogen and oxygen atoms in total. The minimum atomic E-state index is 0.597. The molecule has 0 amide bonds. The SMILES string of the molecule is Cc1ccc(-c2nnc(C)o2)c(C)c1. The molecule has 0 fully saturated rings. The van der Waals surface area contributed by atoms with Crippen LogP contribution in [0.3, 0.4) is 0 Å². The molecule has 1 aromatic carbocycles. The maximum Gasteiger partial charge on any atom is 0.247 e. The quantitative estimate of drug-likeness (QED) is 0.690. The van der Waals surface area contributed by atoms with Gasteiger partial charge in [0.15, 0.2) is 0 Å². The third-order valence-electron chi connectivity index (χ3n) is 2.14. The molecule has 1 aromatic heterocycles. The summed E-state index contributed by atoms with van der Waals surface area (Å²) >= 11 is 0. The molecule has 3 heteroatoms. The molecular weight excluding hydrogens is 176 g/mol. The number of benzene rings is 1. The molecule has 0 atom stereocenters. The van der Waals surface area contributed by atoms with E-state index in [1.54, 1.807) is 6.92 Å². The Balaban J connectivity index is 2.52. The fourth-order valence-electron chi connectivity index (χ4n) is 1.46. The summed E-state index contributed by atoms with van der Waals surface area (Å²) in [6.45, 7) is 5.90. The fraction of sp³-hybridized carbons (Fsp3) is 0.273. The molecule has 72 valence electrons. The summed E-state index contributed by atoms with van der Waals surface area (Å²) < 4.78 is 5.37. The number of hydrogen-bond donors (Lipinski definition) is 0. The molecule has 0 aliphatic rings. The van der Waals surface area contributed by atoms with Crippen LogP contribution in [-0.4, -0.2) is 10.2 Å². The lowest BCUT2D eigenvalue weighted by molar-refractivity contribution is 0.532. The summed E-state index contributed by atoms with van der Waals surface area (Å²) in [4.78, 5) is 0. The largest absolute Gasteiger partial charge is 0.421 e. The Labute approximate surface area is 82.8 Å². The van der Waals surface area contributed by atoms with Crippen LogP contribution >= 0.6 is 0 Å². The van der Waals surface area contributed by atoms with Crippen LogP contribution in [0.4, 0.5) is 0 Å². The van der Waals surface area contributed by atoms with E-state index in [0.717, 1.165) is 11.1 Å². The van der Waals surface area contributed by atoms with E-state index >= 15 is 0 Å². The van der Waals surface area contributed by atoms with Crippen LogP contribution in [0.5, 0.6) is 0 Å². The lowest BCUT2D eigenvalue weighted by atomic mass is 10.1. The van der Waals surface area contributed by atoms with Crippen molar-refractivity contribution >= 4 is 0 Å². The van der Waals surface area contributed by atoms with Crippen molar-refractivity contribution in [1.29, 1.82) is 0 Å². The summed E-state index contributed by atoms with van der Waals surface area (Å²) in [7, 11) is 0. The van der Waals surface area contributed by atoms with Gasteiger partial charge in [-0.25, -0.2) is 0 Å². The van der Waals surface area contributed by atoms with Crippen LogP contribution in [0.1, 0.15) is 17.0 Å². The van der Waals surface area contributed by atoms with E-state index in [1.807, 2.05) is 19.1 Å². The summed E-state index contributed by atoms with van der Waals surface area (Å²) in [5.74, 6) is 1.19. The maximum absolute atomic E-state index is 5.37. The topological polar surface area (TPSA) is 38.9 Å². The van der Waals surface area contributed by atoms with E-state index in [2.05, 4.69) is 23.2 Å². The zero-order chi connectivity index (χ0) is 10.1. The first-order valence-electron chi connectivity index (χ1n) is 4.54. The van der Waals surface area contributed by atoms with Crippen molar-refractivity contribution < 1.29 is 4.42 Å². The van der Waals surface area contributed by atoms with Crippen LogP contribution in [0, 0.1) is 20.8 Å². The molecule has 1 heterocycles. The minimum absolute atomic E-state index is 0.597. The Kier molecular flexibility index (Phi) is 2.08. The van der Waals surface area contributed by atoms with Crippen molar-refractivity contribution in [1.82, 2.24) is 10.2 Å².